The lowest BCUT2D eigenvalue weighted by Gasteiger charge is -2.23. The van der Waals surface area contributed by atoms with Crippen LogP contribution in [0, 0.1) is 0 Å². The molecule has 14 radical (unpaired) electrons. The monoisotopic (exact) mass is 712 g/mol. The number of aliphatic hydroxyl groups is 1. The minimum atomic E-state index is -2.17. The van der Waals surface area contributed by atoms with Gasteiger partial charge < -0.3 is 9.52 Å². The molecule has 0 aliphatic rings. The van der Waals surface area contributed by atoms with Crippen LogP contribution in [0.1, 0.15) is 5.82 Å². The van der Waals surface area contributed by atoms with Crippen LogP contribution in [0.4, 0.5) is 0 Å². The van der Waals surface area contributed by atoms with Crippen LogP contribution in [-0.2, 0) is 5.40 Å². The van der Waals surface area contributed by atoms with E-state index in [4.69, 9.17) is 59.3 Å². The van der Waals surface area contributed by atoms with E-state index >= 15 is 0 Å². The molecule has 0 aliphatic carbocycles. The molecule has 0 spiro atoms. The first kappa shape index (κ1) is 35.4. The molecule has 250 valence electrons. The van der Waals surface area contributed by atoms with Crippen LogP contribution in [0.15, 0.2) is 138 Å². The topological polar surface area (TPSA) is 51.2 Å². The van der Waals surface area contributed by atoms with Crippen molar-refractivity contribution in [1.82, 2.24) is 9.55 Å². The average Bonchev–Trinajstić information content (AvgIpc) is 3.81. The first-order valence-electron chi connectivity index (χ1n) is 18.3. The Kier molecular flexibility index (Phi) is 8.07. The van der Waals surface area contributed by atoms with Gasteiger partial charge in [0.15, 0.2) is 0 Å². The second kappa shape index (κ2) is 13.0. The third kappa shape index (κ3) is 5.40. The number of aromatic nitrogens is 2. The van der Waals surface area contributed by atoms with Crippen LogP contribution in [0.2, 0.25) is 0 Å². The van der Waals surface area contributed by atoms with Crippen molar-refractivity contribution in [3.05, 3.63) is 139 Å². The second-order valence-electron chi connectivity index (χ2n) is 14.4. The van der Waals surface area contributed by atoms with Crippen LogP contribution in [0.3, 0.4) is 0 Å². The van der Waals surface area contributed by atoms with E-state index in [1.807, 2.05) is 84.9 Å². The van der Waals surface area contributed by atoms with Crippen molar-refractivity contribution in [2.75, 3.05) is 0 Å². The molecular formula is C46H23B7N2O2. The fourth-order valence-electron chi connectivity index (χ4n) is 8.41. The summed E-state index contributed by atoms with van der Waals surface area (Å²) in [5.41, 5.74) is 9.97. The lowest BCUT2D eigenvalue weighted by atomic mass is 9.59. The maximum atomic E-state index is 10.7. The van der Waals surface area contributed by atoms with E-state index in [2.05, 4.69) is 53.5 Å². The Hall–Kier alpha value is -6.04. The molecule has 0 unspecified atom stereocenters. The van der Waals surface area contributed by atoms with Gasteiger partial charge in [0.2, 0.25) is 0 Å². The molecule has 2 heterocycles. The van der Waals surface area contributed by atoms with Gasteiger partial charge in [-0.2, -0.15) is 0 Å². The molecule has 11 heteroatoms. The predicted octanol–water partition coefficient (Wildman–Crippen LogP) is 4.64. The molecule has 10 aromatic rings. The van der Waals surface area contributed by atoms with E-state index in [0.29, 0.717) is 11.1 Å². The zero-order valence-corrected chi connectivity index (χ0v) is 30.5. The van der Waals surface area contributed by atoms with Gasteiger partial charge in [0, 0.05) is 21.9 Å². The predicted molar refractivity (Wildman–Crippen MR) is 242 cm³/mol. The largest absolute Gasteiger partial charge is 0.456 e. The standard InChI is InChI=1S/C46H23B7N2O2/c47-40-37(41(48)43(50)44(51)42(40)49)24-18-21-28-31(22-24)38(30-11-7-15-35-39(30)29-10-3-6-14-34(29)57-35)27-9-2-1-8-26(27)36(28)23-16-19-25(20-17-23)55-33-13-5-4-12-32(33)54-45(55)46(52,53)56/h1-22,56H. The normalized spacial score (nSPS) is 12.1. The van der Waals surface area contributed by atoms with E-state index in [0.717, 1.165) is 82.5 Å². The Morgan fingerprint density at radius 1 is 0.509 bits per heavy atom. The fourth-order valence-corrected chi connectivity index (χ4v) is 8.41. The third-order valence-electron chi connectivity index (χ3n) is 11.0. The van der Waals surface area contributed by atoms with Crippen LogP contribution < -0.4 is 27.3 Å². The lowest BCUT2D eigenvalue weighted by Crippen LogP contribution is -2.55. The summed E-state index contributed by atoms with van der Waals surface area (Å²) in [4.78, 5) is 4.57. The molecule has 0 atom stereocenters. The summed E-state index contributed by atoms with van der Waals surface area (Å²) in [6.45, 7) is 0. The molecule has 0 bridgehead atoms. The minimum Gasteiger partial charge on any atom is -0.456 e. The van der Waals surface area contributed by atoms with Gasteiger partial charge in [-0.3, -0.25) is 4.57 Å². The summed E-state index contributed by atoms with van der Waals surface area (Å²) in [7, 11) is 44.3. The zero-order chi connectivity index (χ0) is 39.3. The van der Waals surface area contributed by atoms with Gasteiger partial charge in [-0.15, -0.1) is 16.4 Å². The van der Waals surface area contributed by atoms with Crippen LogP contribution in [-0.4, -0.2) is 69.6 Å². The zero-order valence-electron chi connectivity index (χ0n) is 30.5. The SMILES string of the molecule is [B]c1c([B])c([B])c(-c2ccc3c(-c4ccc(-n5c(C([B])([B])O)nc6ccccc65)cc4)c4ccccc4c(-c4cccc5oc6ccccc6c45)c3c2)c([B])c1[B]. The smallest absolute Gasteiger partial charge is 0.136 e. The first-order valence-corrected chi connectivity index (χ1v) is 18.3. The van der Waals surface area contributed by atoms with Crippen LogP contribution in [0.25, 0.3) is 93.6 Å². The van der Waals surface area contributed by atoms with Gasteiger partial charge in [0.25, 0.3) is 0 Å². The van der Waals surface area contributed by atoms with E-state index in [1.165, 1.54) is 0 Å². The molecule has 0 aliphatic heterocycles. The van der Waals surface area contributed by atoms with Crippen molar-refractivity contribution < 1.29 is 9.52 Å². The molecule has 0 saturated carbocycles. The highest BCUT2D eigenvalue weighted by Crippen LogP contribution is 2.47. The molecule has 1 N–H and O–H groups in total. The summed E-state index contributed by atoms with van der Waals surface area (Å²) < 4.78 is 8.16. The van der Waals surface area contributed by atoms with Crippen molar-refractivity contribution in [3.8, 4) is 39.1 Å². The van der Waals surface area contributed by atoms with Crippen molar-refractivity contribution in [2.24, 2.45) is 0 Å². The molecule has 8 aromatic carbocycles. The highest BCUT2D eigenvalue weighted by molar-refractivity contribution is 6.68. The summed E-state index contributed by atoms with van der Waals surface area (Å²) in [6.07, 6.45) is 0. The highest BCUT2D eigenvalue weighted by atomic mass is 16.3. The summed E-state index contributed by atoms with van der Waals surface area (Å²) in [5, 5.41) is 14.6. The van der Waals surface area contributed by atoms with E-state index < -0.39 is 5.40 Å². The van der Waals surface area contributed by atoms with Crippen molar-refractivity contribution >= 4 is 137 Å². The van der Waals surface area contributed by atoms with Crippen LogP contribution in [0.5, 0.6) is 0 Å². The first-order chi connectivity index (χ1) is 27.5. The molecule has 0 fully saturated rings. The maximum Gasteiger partial charge on any atom is 0.136 e. The van der Waals surface area contributed by atoms with Gasteiger partial charge in [-0.1, -0.05) is 102 Å². The number of hydrogen-bond acceptors (Lipinski definition) is 3. The Morgan fingerprint density at radius 2 is 1.09 bits per heavy atom. The van der Waals surface area contributed by atoms with Crippen molar-refractivity contribution in [1.29, 1.82) is 0 Å². The van der Waals surface area contributed by atoms with Gasteiger partial charge in [-0.25, -0.2) is 4.98 Å². The molecule has 0 amide bonds. The van der Waals surface area contributed by atoms with E-state index in [1.54, 1.807) is 4.57 Å². The Balaban J connectivity index is 1.29. The molecule has 57 heavy (non-hydrogen) atoms. The number of benzene rings is 8. The number of rotatable bonds is 5. The Labute approximate surface area is 338 Å². The third-order valence-corrected chi connectivity index (χ3v) is 11.0. The molecular weight excluding hydrogens is 688 g/mol. The van der Waals surface area contributed by atoms with Crippen molar-refractivity contribution in [3.63, 3.8) is 0 Å². The fraction of sp³-hybridized carbons (Fsp3) is 0.0217. The van der Waals surface area contributed by atoms with Crippen molar-refractivity contribution in [2.45, 2.75) is 5.40 Å². The van der Waals surface area contributed by atoms with Gasteiger partial charge in [0.1, 0.15) is 71.9 Å². The second-order valence-corrected chi connectivity index (χ2v) is 14.4. The number of imidazole rings is 1. The number of fused-ring (bicyclic) bond motifs is 6. The average molecular weight is 711 g/mol. The summed E-state index contributed by atoms with van der Waals surface area (Å²) in [5.74, 6) is 0.118. The van der Waals surface area contributed by atoms with E-state index in [-0.39, 0.29) is 33.1 Å². The number of hydrogen-bond donors (Lipinski definition) is 1. The van der Waals surface area contributed by atoms with Gasteiger partial charge in [-0.05, 0) is 97.4 Å². The molecule has 4 nitrogen and oxygen atoms in total. The lowest BCUT2D eigenvalue weighted by molar-refractivity contribution is 0.205. The maximum absolute atomic E-state index is 10.7. The Morgan fingerprint density at radius 3 is 1.81 bits per heavy atom. The Bertz CT molecular complexity index is 3260. The highest BCUT2D eigenvalue weighted by Gasteiger charge is 2.26. The van der Waals surface area contributed by atoms with E-state index in [9.17, 15) is 5.11 Å². The molecule has 10 rings (SSSR count). The van der Waals surface area contributed by atoms with Crippen LogP contribution >= 0.6 is 0 Å². The molecule has 2 aromatic heterocycles. The minimum absolute atomic E-state index is 0.118. The number of para-hydroxylation sites is 3. The summed E-state index contributed by atoms with van der Waals surface area (Å²) in [6, 6.07) is 44.4. The van der Waals surface area contributed by atoms with Gasteiger partial charge >= 0.3 is 0 Å². The molecule has 0 saturated heterocycles. The summed E-state index contributed by atoms with van der Waals surface area (Å²) >= 11 is 0. The number of nitrogens with zero attached hydrogens (tertiary/aromatic N) is 2. The van der Waals surface area contributed by atoms with Gasteiger partial charge in [0.05, 0.1) is 11.0 Å². The number of furan rings is 1. The quantitative estimate of drug-likeness (QED) is 0.209.